The van der Waals surface area contributed by atoms with Gasteiger partial charge < -0.3 is 15.2 Å². The summed E-state index contributed by atoms with van der Waals surface area (Å²) in [5.41, 5.74) is 1.14. The largest absolute Gasteiger partial charge is 0.479 e. The molecule has 1 unspecified atom stereocenters. The van der Waals surface area contributed by atoms with Gasteiger partial charge in [0.15, 0.2) is 6.61 Å². The first-order chi connectivity index (χ1) is 9.80. The molecule has 1 aromatic carbocycles. The molecule has 0 aliphatic heterocycles. The molecule has 0 saturated heterocycles. The van der Waals surface area contributed by atoms with E-state index in [2.05, 4.69) is 12.2 Å². The van der Waals surface area contributed by atoms with Crippen LogP contribution in [-0.2, 0) is 6.54 Å². The van der Waals surface area contributed by atoms with Gasteiger partial charge in [0.2, 0.25) is 0 Å². The molecule has 0 bridgehead atoms. The fraction of sp³-hybridized carbons (Fsp3) is 0.562. The minimum absolute atomic E-state index is 0.0754. The zero-order chi connectivity index (χ0) is 14.6. The van der Waals surface area contributed by atoms with E-state index >= 15 is 0 Å². The number of nitrogens with one attached hydrogen (secondary N) is 1. The number of ether oxygens (including phenoxy) is 1. The highest BCUT2D eigenvalue weighted by molar-refractivity contribution is 5.28. The second-order valence-electron chi connectivity index (χ2n) is 4.89. The molecule has 0 fully saturated rings. The van der Waals surface area contributed by atoms with Gasteiger partial charge in [0.05, 0.1) is 0 Å². The maximum atomic E-state index is 9.03. The Bertz CT molecular complexity index is 409. The molecule has 1 rings (SSSR count). The Morgan fingerprint density at radius 2 is 2.25 bits per heavy atom. The zero-order valence-corrected chi connectivity index (χ0v) is 12.1. The summed E-state index contributed by atoms with van der Waals surface area (Å²) >= 11 is 0. The number of aliphatic hydroxyl groups is 1. The molecule has 4 heteroatoms. The molecule has 0 amide bonds. The third kappa shape index (κ3) is 6.55. The normalized spacial score (nSPS) is 11.8. The molecule has 0 spiro atoms. The summed E-state index contributed by atoms with van der Waals surface area (Å²) < 4.78 is 5.28. The van der Waals surface area contributed by atoms with Crippen molar-refractivity contribution in [3.05, 3.63) is 29.8 Å². The van der Waals surface area contributed by atoms with E-state index in [4.69, 9.17) is 15.1 Å². The van der Waals surface area contributed by atoms with E-state index in [-0.39, 0.29) is 13.2 Å². The predicted octanol–water partition coefficient (Wildman–Crippen LogP) is 2.48. The number of benzene rings is 1. The third-order valence-electron chi connectivity index (χ3n) is 3.20. The van der Waals surface area contributed by atoms with E-state index in [1.807, 2.05) is 30.3 Å². The van der Waals surface area contributed by atoms with E-state index in [1.54, 1.807) is 0 Å². The first-order valence-electron chi connectivity index (χ1n) is 7.20. The summed E-state index contributed by atoms with van der Waals surface area (Å²) in [5.74, 6) is 1.26. The van der Waals surface area contributed by atoms with Gasteiger partial charge in [-0.25, -0.2) is 0 Å². The van der Waals surface area contributed by atoms with Crippen LogP contribution in [-0.4, -0.2) is 24.9 Å². The van der Waals surface area contributed by atoms with Crippen molar-refractivity contribution in [2.45, 2.75) is 32.7 Å². The van der Waals surface area contributed by atoms with Gasteiger partial charge in [-0.05, 0) is 43.0 Å². The fourth-order valence-corrected chi connectivity index (χ4v) is 2.22. The fourth-order valence-electron chi connectivity index (χ4n) is 2.22. The Kier molecular flexibility index (Phi) is 8.44. The predicted molar refractivity (Wildman–Crippen MR) is 79.4 cm³/mol. The molecular formula is C16H24N2O2. The highest BCUT2D eigenvalue weighted by Gasteiger charge is 2.06. The molecule has 2 N–H and O–H groups in total. The molecule has 0 heterocycles. The van der Waals surface area contributed by atoms with Crippen LogP contribution in [0, 0.1) is 17.2 Å². The van der Waals surface area contributed by atoms with Crippen LogP contribution >= 0.6 is 0 Å². The molecule has 0 aliphatic carbocycles. The lowest BCUT2D eigenvalue weighted by Crippen LogP contribution is -2.23. The molecule has 20 heavy (non-hydrogen) atoms. The first-order valence-corrected chi connectivity index (χ1v) is 7.20. The average molecular weight is 276 g/mol. The van der Waals surface area contributed by atoms with E-state index in [9.17, 15) is 0 Å². The van der Waals surface area contributed by atoms with Crippen molar-refractivity contribution in [3.8, 4) is 11.8 Å². The van der Waals surface area contributed by atoms with Crippen molar-refractivity contribution in [1.82, 2.24) is 5.32 Å². The lowest BCUT2D eigenvalue weighted by atomic mass is 10.0. The summed E-state index contributed by atoms with van der Waals surface area (Å²) in [7, 11) is 0. The monoisotopic (exact) mass is 276 g/mol. The second kappa shape index (κ2) is 10.2. The SMILES string of the molecule is CCCC(CCO)CNCc1cccc(OCC#N)c1. The Hall–Kier alpha value is -1.57. The number of rotatable bonds is 10. The van der Waals surface area contributed by atoms with Gasteiger partial charge in [-0.3, -0.25) is 0 Å². The average Bonchev–Trinajstić information content (AvgIpc) is 2.46. The van der Waals surface area contributed by atoms with Crippen LogP contribution in [0.4, 0.5) is 0 Å². The molecule has 0 radical (unpaired) electrons. The molecule has 110 valence electrons. The van der Waals surface area contributed by atoms with Crippen LogP contribution in [0.5, 0.6) is 5.75 Å². The van der Waals surface area contributed by atoms with Crippen molar-refractivity contribution in [2.75, 3.05) is 19.8 Å². The molecule has 4 nitrogen and oxygen atoms in total. The summed E-state index contributed by atoms with van der Waals surface area (Å²) in [6, 6.07) is 9.73. The highest BCUT2D eigenvalue weighted by Crippen LogP contribution is 2.14. The Morgan fingerprint density at radius 1 is 1.40 bits per heavy atom. The number of aliphatic hydroxyl groups excluding tert-OH is 1. The number of hydrogen-bond acceptors (Lipinski definition) is 4. The van der Waals surface area contributed by atoms with Crippen molar-refractivity contribution >= 4 is 0 Å². The van der Waals surface area contributed by atoms with E-state index in [0.29, 0.717) is 5.92 Å². The van der Waals surface area contributed by atoms with Gasteiger partial charge in [0, 0.05) is 13.2 Å². The number of nitrogens with zero attached hydrogens (tertiary/aromatic N) is 1. The second-order valence-corrected chi connectivity index (χ2v) is 4.89. The molecule has 1 aromatic rings. The maximum Gasteiger partial charge on any atom is 0.174 e. The van der Waals surface area contributed by atoms with Crippen molar-refractivity contribution in [2.24, 2.45) is 5.92 Å². The zero-order valence-electron chi connectivity index (χ0n) is 12.1. The standard InChI is InChI=1S/C16H24N2O2/c1-2-4-14(7-9-19)12-18-13-15-5-3-6-16(11-15)20-10-8-17/h3,5-6,11,14,18-19H,2,4,7,9-10,12-13H2,1H3. The van der Waals surface area contributed by atoms with Gasteiger partial charge in [0.25, 0.3) is 0 Å². The van der Waals surface area contributed by atoms with Gasteiger partial charge >= 0.3 is 0 Å². The van der Waals surface area contributed by atoms with Gasteiger partial charge in [-0.2, -0.15) is 5.26 Å². The van der Waals surface area contributed by atoms with Crippen LogP contribution in [0.1, 0.15) is 31.7 Å². The van der Waals surface area contributed by atoms with E-state index in [1.165, 1.54) is 0 Å². The van der Waals surface area contributed by atoms with Crippen molar-refractivity contribution in [3.63, 3.8) is 0 Å². The van der Waals surface area contributed by atoms with Crippen LogP contribution in [0.15, 0.2) is 24.3 Å². The summed E-state index contributed by atoms with van der Waals surface area (Å²) in [5, 5.41) is 20.9. The van der Waals surface area contributed by atoms with Crippen LogP contribution in [0.3, 0.4) is 0 Å². The van der Waals surface area contributed by atoms with Crippen LogP contribution in [0.2, 0.25) is 0 Å². The Morgan fingerprint density at radius 3 is 2.95 bits per heavy atom. The summed E-state index contributed by atoms with van der Waals surface area (Å²) in [4.78, 5) is 0. The van der Waals surface area contributed by atoms with E-state index < -0.39 is 0 Å². The smallest absolute Gasteiger partial charge is 0.174 e. The summed E-state index contributed by atoms with van der Waals surface area (Å²) in [6.07, 6.45) is 3.13. The quantitative estimate of drug-likeness (QED) is 0.689. The maximum absolute atomic E-state index is 9.03. The number of hydrogen-bond donors (Lipinski definition) is 2. The Labute approximate surface area is 121 Å². The van der Waals surface area contributed by atoms with Crippen molar-refractivity contribution < 1.29 is 9.84 Å². The lowest BCUT2D eigenvalue weighted by molar-refractivity contribution is 0.248. The molecule has 0 aromatic heterocycles. The molecule has 1 atom stereocenters. The molecule has 0 saturated carbocycles. The molecule has 0 aliphatic rings. The van der Waals surface area contributed by atoms with Crippen LogP contribution < -0.4 is 10.1 Å². The van der Waals surface area contributed by atoms with E-state index in [0.717, 1.165) is 43.7 Å². The van der Waals surface area contributed by atoms with Gasteiger partial charge in [-0.1, -0.05) is 25.5 Å². The lowest BCUT2D eigenvalue weighted by Gasteiger charge is -2.15. The first kappa shape index (κ1) is 16.5. The highest BCUT2D eigenvalue weighted by atomic mass is 16.5. The third-order valence-corrected chi connectivity index (χ3v) is 3.20. The van der Waals surface area contributed by atoms with Crippen molar-refractivity contribution in [1.29, 1.82) is 5.26 Å². The van der Waals surface area contributed by atoms with Gasteiger partial charge in [0.1, 0.15) is 11.8 Å². The molecular weight excluding hydrogens is 252 g/mol. The minimum Gasteiger partial charge on any atom is -0.479 e. The number of nitriles is 1. The topological polar surface area (TPSA) is 65.3 Å². The minimum atomic E-state index is 0.0754. The Balaban J connectivity index is 2.38. The van der Waals surface area contributed by atoms with Crippen LogP contribution in [0.25, 0.3) is 0 Å². The van der Waals surface area contributed by atoms with Gasteiger partial charge in [-0.15, -0.1) is 0 Å². The summed E-state index contributed by atoms with van der Waals surface area (Å²) in [6.45, 7) is 4.18.